The molecule has 0 saturated heterocycles. The highest BCUT2D eigenvalue weighted by Crippen LogP contribution is 2.39. The number of benzene rings is 1. The molecule has 0 aliphatic rings. The van der Waals surface area contributed by atoms with Gasteiger partial charge in [-0.1, -0.05) is 0 Å². The second-order valence-corrected chi connectivity index (χ2v) is 2.48. The van der Waals surface area contributed by atoms with Gasteiger partial charge in [-0.05, 0) is 0 Å². The van der Waals surface area contributed by atoms with Crippen LogP contribution in [0.3, 0.4) is 0 Å². The van der Waals surface area contributed by atoms with Gasteiger partial charge in [-0.25, -0.2) is 8.78 Å². The molecule has 0 heterocycles. The lowest BCUT2D eigenvalue weighted by Gasteiger charge is -2.11. The Kier molecular flexibility index (Phi) is 2.26. The molecule has 14 heavy (non-hydrogen) atoms. The smallest absolute Gasteiger partial charge is 0.421 e. The van der Waals surface area contributed by atoms with Crippen LogP contribution < -0.4 is 5.73 Å². The average Bonchev–Trinajstić information content (AvgIpc) is 1.97. The zero-order chi connectivity index (χ0) is 11.1. The first-order valence-electron chi connectivity index (χ1n) is 3.28. The minimum atomic E-state index is -5.07. The first-order valence-corrected chi connectivity index (χ1v) is 3.28. The lowest BCUT2D eigenvalue weighted by atomic mass is 10.1. The quantitative estimate of drug-likeness (QED) is 0.394. The SMILES string of the molecule is Nc1cc(F)c(O)c(F)c1C(F)(F)F. The molecule has 0 unspecified atom stereocenters. The minimum Gasteiger partial charge on any atom is -0.503 e. The third-order valence-corrected chi connectivity index (χ3v) is 1.51. The standard InChI is InChI=1S/C7H4F5NO/c8-2-1-3(13)4(7(10,11)12)5(9)6(2)14/h1,14H,13H2. The maximum Gasteiger partial charge on any atom is 0.421 e. The van der Waals surface area contributed by atoms with Gasteiger partial charge in [0.15, 0.2) is 17.4 Å². The van der Waals surface area contributed by atoms with Crippen molar-refractivity contribution < 1.29 is 27.1 Å². The Morgan fingerprint density at radius 2 is 1.71 bits per heavy atom. The molecule has 0 aliphatic heterocycles. The van der Waals surface area contributed by atoms with E-state index in [2.05, 4.69) is 0 Å². The van der Waals surface area contributed by atoms with Crippen LogP contribution in [0.15, 0.2) is 6.07 Å². The number of nitrogen functional groups attached to an aromatic ring is 1. The van der Waals surface area contributed by atoms with Crippen molar-refractivity contribution in [1.29, 1.82) is 0 Å². The molecule has 0 spiro atoms. The van der Waals surface area contributed by atoms with E-state index in [4.69, 9.17) is 10.8 Å². The fraction of sp³-hybridized carbons (Fsp3) is 0.143. The highest BCUT2D eigenvalue weighted by Gasteiger charge is 2.38. The van der Waals surface area contributed by atoms with Crippen LogP contribution in [0.1, 0.15) is 5.56 Å². The van der Waals surface area contributed by atoms with Gasteiger partial charge >= 0.3 is 6.18 Å². The summed E-state index contributed by atoms with van der Waals surface area (Å²) >= 11 is 0. The highest BCUT2D eigenvalue weighted by atomic mass is 19.4. The molecule has 78 valence electrons. The molecule has 0 amide bonds. The van der Waals surface area contributed by atoms with E-state index < -0.39 is 34.8 Å². The Hall–Kier alpha value is -1.53. The summed E-state index contributed by atoms with van der Waals surface area (Å²) in [6.45, 7) is 0. The van der Waals surface area contributed by atoms with Gasteiger partial charge in [0.2, 0.25) is 0 Å². The van der Waals surface area contributed by atoms with Gasteiger partial charge in [0.05, 0.1) is 0 Å². The van der Waals surface area contributed by atoms with Crippen LogP contribution in [-0.4, -0.2) is 5.11 Å². The molecule has 1 aromatic carbocycles. The number of phenols is 1. The predicted molar refractivity (Wildman–Crippen MR) is 37.4 cm³/mol. The molecule has 0 radical (unpaired) electrons. The second-order valence-electron chi connectivity index (χ2n) is 2.48. The van der Waals surface area contributed by atoms with Crippen LogP contribution in [0, 0.1) is 11.6 Å². The molecule has 0 aliphatic carbocycles. The number of anilines is 1. The number of rotatable bonds is 0. The number of halogens is 5. The number of alkyl halides is 3. The molecule has 0 saturated carbocycles. The third-order valence-electron chi connectivity index (χ3n) is 1.51. The molecule has 3 N–H and O–H groups in total. The summed E-state index contributed by atoms with van der Waals surface area (Å²) in [5.41, 5.74) is 1.80. The molecular formula is C7H4F5NO. The van der Waals surface area contributed by atoms with Crippen LogP contribution in [0.25, 0.3) is 0 Å². The summed E-state index contributed by atoms with van der Waals surface area (Å²) in [5.74, 6) is -5.32. The molecule has 1 rings (SSSR count). The average molecular weight is 213 g/mol. The lowest BCUT2D eigenvalue weighted by molar-refractivity contribution is -0.139. The molecular weight excluding hydrogens is 209 g/mol. The van der Waals surface area contributed by atoms with Crippen molar-refractivity contribution >= 4 is 5.69 Å². The van der Waals surface area contributed by atoms with Gasteiger partial charge < -0.3 is 10.8 Å². The fourth-order valence-corrected chi connectivity index (χ4v) is 0.915. The van der Waals surface area contributed by atoms with Crippen molar-refractivity contribution in [2.75, 3.05) is 5.73 Å². The van der Waals surface area contributed by atoms with Gasteiger partial charge in [-0.15, -0.1) is 0 Å². The van der Waals surface area contributed by atoms with Gasteiger partial charge in [0.1, 0.15) is 5.56 Å². The Bertz CT molecular complexity index is 373. The van der Waals surface area contributed by atoms with E-state index in [9.17, 15) is 22.0 Å². The van der Waals surface area contributed by atoms with Crippen molar-refractivity contribution in [3.8, 4) is 5.75 Å². The second kappa shape index (κ2) is 3.00. The molecule has 0 aromatic heterocycles. The normalized spacial score (nSPS) is 11.8. The summed E-state index contributed by atoms with van der Waals surface area (Å²) in [7, 11) is 0. The predicted octanol–water partition coefficient (Wildman–Crippen LogP) is 2.27. The van der Waals surface area contributed by atoms with Crippen molar-refractivity contribution in [1.82, 2.24) is 0 Å². The largest absolute Gasteiger partial charge is 0.503 e. The highest BCUT2D eigenvalue weighted by molar-refractivity contribution is 5.53. The molecule has 1 aromatic rings. The van der Waals surface area contributed by atoms with E-state index in [0.29, 0.717) is 0 Å². The molecule has 0 fully saturated rings. The summed E-state index contributed by atoms with van der Waals surface area (Å²) in [6.07, 6.45) is -5.07. The maximum atomic E-state index is 12.7. The number of hydrogen-bond acceptors (Lipinski definition) is 2. The van der Waals surface area contributed by atoms with Crippen molar-refractivity contribution in [3.63, 3.8) is 0 Å². The third kappa shape index (κ3) is 1.57. The van der Waals surface area contributed by atoms with Gasteiger partial charge in [0.25, 0.3) is 0 Å². The van der Waals surface area contributed by atoms with E-state index >= 15 is 0 Å². The van der Waals surface area contributed by atoms with Gasteiger partial charge in [-0.3, -0.25) is 0 Å². The maximum absolute atomic E-state index is 12.7. The Balaban J connectivity index is 3.53. The van der Waals surface area contributed by atoms with E-state index in [1.165, 1.54) is 0 Å². The van der Waals surface area contributed by atoms with E-state index in [1.54, 1.807) is 0 Å². The van der Waals surface area contributed by atoms with Crippen LogP contribution in [0.2, 0.25) is 0 Å². The molecule has 7 heteroatoms. The molecule has 2 nitrogen and oxygen atoms in total. The van der Waals surface area contributed by atoms with E-state index in [-0.39, 0.29) is 6.07 Å². The van der Waals surface area contributed by atoms with Crippen molar-refractivity contribution in [2.24, 2.45) is 0 Å². The van der Waals surface area contributed by atoms with Crippen LogP contribution in [-0.2, 0) is 6.18 Å². The number of nitrogens with two attached hydrogens (primary N) is 1. The van der Waals surface area contributed by atoms with Crippen molar-refractivity contribution in [3.05, 3.63) is 23.3 Å². The lowest BCUT2D eigenvalue weighted by Crippen LogP contribution is -2.12. The Morgan fingerprint density at radius 1 is 1.21 bits per heavy atom. The zero-order valence-corrected chi connectivity index (χ0v) is 6.49. The van der Waals surface area contributed by atoms with Gasteiger partial charge in [0, 0.05) is 11.8 Å². The zero-order valence-electron chi connectivity index (χ0n) is 6.49. The van der Waals surface area contributed by atoms with Crippen LogP contribution in [0.4, 0.5) is 27.6 Å². The topological polar surface area (TPSA) is 46.2 Å². The Morgan fingerprint density at radius 3 is 2.14 bits per heavy atom. The fourth-order valence-electron chi connectivity index (χ4n) is 0.915. The van der Waals surface area contributed by atoms with Crippen LogP contribution in [0.5, 0.6) is 5.75 Å². The van der Waals surface area contributed by atoms with E-state index in [0.717, 1.165) is 0 Å². The number of aromatic hydroxyl groups is 1. The molecule has 0 bridgehead atoms. The van der Waals surface area contributed by atoms with Crippen LogP contribution >= 0.6 is 0 Å². The Labute approximate surface area is 74.8 Å². The first kappa shape index (κ1) is 10.6. The summed E-state index contributed by atoms with van der Waals surface area (Å²) in [4.78, 5) is 0. The van der Waals surface area contributed by atoms with Gasteiger partial charge in [-0.2, -0.15) is 13.2 Å². The van der Waals surface area contributed by atoms with Crippen molar-refractivity contribution in [2.45, 2.75) is 6.18 Å². The van der Waals surface area contributed by atoms with E-state index in [1.807, 2.05) is 0 Å². The minimum absolute atomic E-state index is 0.210. The first-order chi connectivity index (χ1) is 6.25. The number of hydrogen-bond donors (Lipinski definition) is 2. The monoisotopic (exact) mass is 213 g/mol. The summed E-state index contributed by atoms with van der Waals surface area (Å²) < 4.78 is 61.4. The summed E-state index contributed by atoms with van der Waals surface area (Å²) in [5, 5.41) is 8.57. The number of phenolic OH excluding ortho intramolecular Hbond substituents is 1. The summed E-state index contributed by atoms with van der Waals surface area (Å²) in [6, 6.07) is 0.210. The molecule has 0 atom stereocenters.